The van der Waals surface area contributed by atoms with Crippen LogP contribution in [-0.4, -0.2) is 42.9 Å². The summed E-state index contributed by atoms with van der Waals surface area (Å²) in [6.07, 6.45) is 1.49. The van der Waals surface area contributed by atoms with Crippen molar-refractivity contribution >= 4 is 11.5 Å². The van der Waals surface area contributed by atoms with Gasteiger partial charge in [0.05, 0.1) is 12.7 Å². The molecule has 0 unspecified atom stereocenters. The van der Waals surface area contributed by atoms with E-state index >= 15 is 0 Å². The second-order valence-corrected chi connectivity index (χ2v) is 4.20. The average molecular weight is 254 g/mol. The summed E-state index contributed by atoms with van der Waals surface area (Å²) in [5.74, 6) is 1.10. The second kappa shape index (κ2) is 7.00. The van der Waals surface area contributed by atoms with Crippen molar-refractivity contribution < 1.29 is 9.47 Å². The van der Waals surface area contributed by atoms with Crippen molar-refractivity contribution in [3.05, 3.63) is 6.33 Å². The topological polar surface area (TPSA) is 73.5 Å². The van der Waals surface area contributed by atoms with Gasteiger partial charge in [0.2, 0.25) is 5.88 Å². The van der Waals surface area contributed by atoms with Crippen molar-refractivity contribution in [2.75, 3.05) is 37.4 Å². The third-order valence-corrected chi connectivity index (χ3v) is 2.31. The Morgan fingerprint density at radius 3 is 2.72 bits per heavy atom. The van der Waals surface area contributed by atoms with Crippen molar-refractivity contribution in [2.45, 2.75) is 26.9 Å². The van der Waals surface area contributed by atoms with Crippen LogP contribution in [0, 0.1) is 0 Å². The van der Waals surface area contributed by atoms with Gasteiger partial charge in [0.15, 0.2) is 5.82 Å². The number of rotatable bonds is 7. The molecule has 1 aromatic rings. The van der Waals surface area contributed by atoms with Gasteiger partial charge in [-0.2, -0.15) is 4.98 Å². The van der Waals surface area contributed by atoms with E-state index in [-0.39, 0.29) is 6.10 Å². The van der Waals surface area contributed by atoms with Crippen LogP contribution < -0.4 is 15.4 Å². The van der Waals surface area contributed by atoms with E-state index in [0.717, 1.165) is 6.54 Å². The molecule has 6 heteroatoms. The smallest absolute Gasteiger partial charge is 0.242 e. The minimum Gasteiger partial charge on any atom is -0.473 e. The molecule has 0 radical (unpaired) electrons. The lowest BCUT2D eigenvalue weighted by molar-refractivity contribution is 0.154. The summed E-state index contributed by atoms with van der Waals surface area (Å²) in [5.41, 5.74) is 6.47. The van der Waals surface area contributed by atoms with E-state index < -0.39 is 0 Å². The maximum atomic E-state index is 6.00. The summed E-state index contributed by atoms with van der Waals surface area (Å²) >= 11 is 0. The normalized spacial score (nSPS) is 10.7. The first-order valence-electron chi connectivity index (χ1n) is 6.12. The average Bonchev–Trinajstić information content (AvgIpc) is 2.31. The highest BCUT2D eigenvalue weighted by atomic mass is 16.5. The molecule has 6 nitrogen and oxygen atoms in total. The van der Waals surface area contributed by atoms with Gasteiger partial charge >= 0.3 is 0 Å². The lowest BCUT2D eigenvalue weighted by Crippen LogP contribution is -2.25. The minimum absolute atomic E-state index is 0.0313. The Bertz CT molecular complexity index is 371. The Balaban J connectivity index is 2.75. The van der Waals surface area contributed by atoms with Crippen LogP contribution in [-0.2, 0) is 4.74 Å². The molecule has 0 aliphatic carbocycles. The van der Waals surface area contributed by atoms with Crippen LogP contribution in [0.2, 0.25) is 0 Å². The van der Waals surface area contributed by atoms with Gasteiger partial charge in [-0.25, -0.2) is 4.98 Å². The lowest BCUT2D eigenvalue weighted by atomic mass is 10.4. The van der Waals surface area contributed by atoms with E-state index in [4.69, 9.17) is 15.2 Å². The van der Waals surface area contributed by atoms with Gasteiger partial charge in [0, 0.05) is 20.2 Å². The van der Waals surface area contributed by atoms with Gasteiger partial charge in [-0.15, -0.1) is 0 Å². The van der Waals surface area contributed by atoms with E-state index in [0.29, 0.717) is 30.6 Å². The molecule has 1 heterocycles. The van der Waals surface area contributed by atoms with E-state index in [9.17, 15) is 0 Å². The van der Waals surface area contributed by atoms with Crippen LogP contribution in [0.5, 0.6) is 5.88 Å². The molecule has 1 rings (SSSR count). The largest absolute Gasteiger partial charge is 0.473 e. The molecule has 1 aromatic heterocycles. The highest BCUT2D eigenvalue weighted by molar-refractivity contribution is 5.67. The van der Waals surface area contributed by atoms with Gasteiger partial charge in [-0.1, -0.05) is 0 Å². The molecule has 0 atom stereocenters. The number of ether oxygens (including phenoxy) is 2. The highest BCUT2D eigenvalue weighted by Gasteiger charge is 2.13. The predicted molar refractivity (Wildman–Crippen MR) is 72.0 cm³/mol. The van der Waals surface area contributed by atoms with Crippen LogP contribution in [0.4, 0.5) is 11.5 Å². The monoisotopic (exact) mass is 254 g/mol. The van der Waals surface area contributed by atoms with Crippen molar-refractivity contribution in [1.29, 1.82) is 0 Å². The quantitative estimate of drug-likeness (QED) is 0.740. The molecule has 102 valence electrons. The minimum atomic E-state index is 0.0313. The number of aromatic nitrogens is 2. The molecule has 0 aliphatic heterocycles. The SMILES string of the molecule is CCOCCN(C)c1ncnc(OC(C)C)c1N. The number of likely N-dealkylation sites (N-methyl/N-ethyl adjacent to an activating group) is 1. The number of nitrogen functional groups attached to an aromatic ring is 1. The molecule has 0 aliphatic rings. The van der Waals surface area contributed by atoms with Crippen molar-refractivity contribution in [3.8, 4) is 5.88 Å². The molecule has 0 amide bonds. The Hall–Kier alpha value is -1.56. The van der Waals surface area contributed by atoms with Crippen LogP contribution in [0.15, 0.2) is 6.33 Å². The molecule has 0 aromatic carbocycles. The first kappa shape index (κ1) is 14.5. The van der Waals surface area contributed by atoms with Gasteiger partial charge in [0.1, 0.15) is 12.0 Å². The Morgan fingerprint density at radius 2 is 2.11 bits per heavy atom. The first-order valence-corrected chi connectivity index (χ1v) is 6.12. The van der Waals surface area contributed by atoms with Crippen molar-refractivity contribution in [1.82, 2.24) is 9.97 Å². The number of hydrogen-bond donors (Lipinski definition) is 1. The van der Waals surface area contributed by atoms with E-state index in [2.05, 4.69) is 9.97 Å². The molecular formula is C12H22N4O2. The summed E-state index contributed by atoms with van der Waals surface area (Å²) in [6.45, 7) is 7.88. The maximum Gasteiger partial charge on any atom is 0.242 e. The Morgan fingerprint density at radius 1 is 1.39 bits per heavy atom. The van der Waals surface area contributed by atoms with Crippen molar-refractivity contribution in [2.24, 2.45) is 0 Å². The fourth-order valence-electron chi connectivity index (χ4n) is 1.44. The van der Waals surface area contributed by atoms with Crippen LogP contribution in [0.3, 0.4) is 0 Å². The van der Waals surface area contributed by atoms with Crippen LogP contribution in [0.1, 0.15) is 20.8 Å². The maximum absolute atomic E-state index is 6.00. The van der Waals surface area contributed by atoms with Gasteiger partial charge < -0.3 is 20.1 Å². The number of hydrogen-bond acceptors (Lipinski definition) is 6. The summed E-state index contributed by atoms with van der Waals surface area (Å²) in [6, 6.07) is 0. The molecule has 0 bridgehead atoms. The summed E-state index contributed by atoms with van der Waals surface area (Å²) in [4.78, 5) is 10.2. The van der Waals surface area contributed by atoms with Crippen molar-refractivity contribution in [3.63, 3.8) is 0 Å². The Labute approximate surface area is 108 Å². The molecule has 0 spiro atoms. The third-order valence-electron chi connectivity index (χ3n) is 2.31. The molecule has 18 heavy (non-hydrogen) atoms. The summed E-state index contributed by atoms with van der Waals surface area (Å²) < 4.78 is 10.8. The van der Waals surface area contributed by atoms with E-state index in [1.54, 1.807) is 0 Å². The van der Waals surface area contributed by atoms with Gasteiger partial charge in [0.25, 0.3) is 0 Å². The van der Waals surface area contributed by atoms with Gasteiger partial charge in [-0.05, 0) is 20.8 Å². The standard InChI is InChI=1S/C12H22N4O2/c1-5-17-7-6-16(4)11-10(13)12(15-8-14-11)18-9(2)3/h8-9H,5-7,13H2,1-4H3. The second-order valence-electron chi connectivity index (χ2n) is 4.20. The predicted octanol–water partition coefficient (Wildman–Crippen LogP) is 1.32. The molecule has 0 saturated heterocycles. The molecule has 2 N–H and O–H groups in total. The van der Waals surface area contributed by atoms with E-state index in [1.807, 2.05) is 32.7 Å². The first-order chi connectivity index (χ1) is 8.56. The Kier molecular flexibility index (Phi) is 5.64. The lowest BCUT2D eigenvalue weighted by Gasteiger charge is -2.20. The fourth-order valence-corrected chi connectivity index (χ4v) is 1.44. The fraction of sp³-hybridized carbons (Fsp3) is 0.667. The number of nitrogens with two attached hydrogens (primary N) is 1. The van der Waals surface area contributed by atoms with Crippen LogP contribution in [0.25, 0.3) is 0 Å². The molecule has 0 saturated carbocycles. The summed E-state index contributed by atoms with van der Waals surface area (Å²) in [5, 5.41) is 0. The zero-order valence-electron chi connectivity index (χ0n) is 11.5. The zero-order valence-corrected chi connectivity index (χ0v) is 11.5. The van der Waals surface area contributed by atoms with Gasteiger partial charge in [-0.3, -0.25) is 0 Å². The molecular weight excluding hydrogens is 232 g/mol. The number of anilines is 2. The zero-order chi connectivity index (χ0) is 13.5. The molecule has 0 fully saturated rings. The van der Waals surface area contributed by atoms with Crippen LogP contribution >= 0.6 is 0 Å². The highest BCUT2D eigenvalue weighted by Crippen LogP contribution is 2.27. The summed E-state index contributed by atoms with van der Waals surface area (Å²) in [7, 11) is 1.91. The number of nitrogens with zero attached hydrogens (tertiary/aromatic N) is 3. The third kappa shape index (κ3) is 4.03. The van der Waals surface area contributed by atoms with E-state index in [1.165, 1.54) is 6.33 Å².